The fourth-order valence-corrected chi connectivity index (χ4v) is 3.43. The lowest BCUT2D eigenvalue weighted by atomic mass is 9.98. The first kappa shape index (κ1) is 13.3. The van der Waals surface area contributed by atoms with E-state index in [4.69, 9.17) is 4.74 Å². The van der Waals surface area contributed by atoms with Gasteiger partial charge >= 0.3 is 0 Å². The Hall–Kier alpha value is -0.130. The van der Waals surface area contributed by atoms with Crippen molar-refractivity contribution in [3.8, 4) is 0 Å². The van der Waals surface area contributed by atoms with Crippen molar-refractivity contribution in [2.24, 2.45) is 5.92 Å². The van der Waals surface area contributed by atoms with Crippen LogP contribution in [0.1, 0.15) is 12.8 Å². The summed E-state index contributed by atoms with van der Waals surface area (Å²) in [7, 11) is 1.78. The van der Waals surface area contributed by atoms with Crippen molar-refractivity contribution < 1.29 is 4.74 Å². The van der Waals surface area contributed by atoms with E-state index in [0.717, 1.165) is 34.5 Å². The molecule has 0 saturated carbocycles. The summed E-state index contributed by atoms with van der Waals surface area (Å²) >= 11 is 6.99. The fraction of sp³-hybridized carbons (Fsp3) is 0.583. The molecule has 0 radical (unpaired) electrons. The molecule has 3 nitrogen and oxygen atoms in total. The van der Waals surface area contributed by atoms with Crippen LogP contribution in [0.5, 0.6) is 0 Å². The van der Waals surface area contributed by atoms with Crippen LogP contribution >= 0.6 is 31.9 Å². The van der Waals surface area contributed by atoms with Gasteiger partial charge in [0.05, 0.1) is 4.47 Å². The lowest BCUT2D eigenvalue weighted by Gasteiger charge is -2.33. The third-order valence-corrected chi connectivity index (χ3v) is 4.12. The van der Waals surface area contributed by atoms with E-state index in [1.54, 1.807) is 7.11 Å². The lowest BCUT2D eigenvalue weighted by Crippen LogP contribution is -2.35. The summed E-state index contributed by atoms with van der Waals surface area (Å²) in [6.07, 6.45) is 4.21. The molecule has 0 N–H and O–H groups in total. The van der Waals surface area contributed by atoms with Crippen molar-refractivity contribution in [2.75, 3.05) is 31.7 Å². The second-order valence-electron chi connectivity index (χ2n) is 4.34. The first-order chi connectivity index (χ1) is 8.20. The van der Waals surface area contributed by atoms with Crippen molar-refractivity contribution in [2.45, 2.75) is 12.8 Å². The van der Waals surface area contributed by atoms with E-state index >= 15 is 0 Å². The van der Waals surface area contributed by atoms with E-state index in [1.807, 2.05) is 12.3 Å². The first-order valence-corrected chi connectivity index (χ1v) is 7.34. The molecule has 1 aliphatic heterocycles. The van der Waals surface area contributed by atoms with Gasteiger partial charge < -0.3 is 9.64 Å². The van der Waals surface area contributed by atoms with E-state index < -0.39 is 0 Å². The highest BCUT2D eigenvalue weighted by Crippen LogP contribution is 2.29. The number of methoxy groups -OCH3 is 1. The number of ether oxygens (including phenoxy) is 1. The van der Waals surface area contributed by atoms with E-state index in [1.165, 1.54) is 12.8 Å². The van der Waals surface area contributed by atoms with Gasteiger partial charge in [0.1, 0.15) is 5.82 Å². The number of hydrogen-bond donors (Lipinski definition) is 0. The van der Waals surface area contributed by atoms with Crippen LogP contribution in [0, 0.1) is 5.92 Å². The molecule has 94 valence electrons. The number of rotatable bonds is 3. The van der Waals surface area contributed by atoms with Crippen LogP contribution in [0.25, 0.3) is 0 Å². The Kier molecular flexibility index (Phi) is 4.82. The number of piperidine rings is 1. The SMILES string of the molecule is COCC1CCN(c2ncc(Br)cc2Br)CC1. The van der Waals surface area contributed by atoms with Gasteiger partial charge in [-0.1, -0.05) is 0 Å². The molecule has 1 fully saturated rings. The summed E-state index contributed by atoms with van der Waals surface area (Å²) < 4.78 is 7.27. The average Bonchev–Trinajstić information content (AvgIpc) is 2.31. The van der Waals surface area contributed by atoms with E-state index in [0.29, 0.717) is 5.92 Å². The maximum atomic E-state index is 5.21. The summed E-state index contributed by atoms with van der Waals surface area (Å²) in [5.41, 5.74) is 0. The van der Waals surface area contributed by atoms with E-state index in [9.17, 15) is 0 Å². The predicted octanol–water partition coefficient (Wildman–Crippen LogP) is 3.47. The van der Waals surface area contributed by atoms with Crippen molar-refractivity contribution in [1.29, 1.82) is 0 Å². The second-order valence-corrected chi connectivity index (χ2v) is 6.11. The minimum Gasteiger partial charge on any atom is -0.384 e. The zero-order valence-electron chi connectivity index (χ0n) is 9.83. The largest absolute Gasteiger partial charge is 0.384 e. The van der Waals surface area contributed by atoms with Crippen molar-refractivity contribution in [3.05, 3.63) is 21.2 Å². The van der Waals surface area contributed by atoms with Crippen LogP contribution in [0.15, 0.2) is 21.2 Å². The average molecular weight is 364 g/mol. The highest BCUT2D eigenvalue weighted by Gasteiger charge is 2.21. The molecule has 0 unspecified atom stereocenters. The van der Waals surface area contributed by atoms with Gasteiger partial charge in [-0.25, -0.2) is 4.98 Å². The molecular weight excluding hydrogens is 348 g/mol. The molecule has 1 saturated heterocycles. The molecule has 0 atom stereocenters. The van der Waals surface area contributed by atoms with Gasteiger partial charge in [0.25, 0.3) is 0 Å². The maximum Gasteiger partial charge on any atom is 0.142 e. The highest BCUT2D eigenvalue weighted by molar-refractivity contribution is 9.11. The molecule has 0 aliphatic carbocycles. The summed E-state index contributed by atoms with van der Waals surface area (Å²) in [5.74, 6) is 1.74. The van der Waals surface area contributed by atoms with E-state index in [2.05, 4.69) is 41.7 Å². The zero-order valence-corrected chi connectivity index (χ0v) is 13.0. The number of halogens is 2. The Morgan fingerprint density at radius 1 is 1.41 bits per heavy atom. The zero-order chi connectivity index (χ0) is 12.3. The quantitative estimate of drug-likeness (QED) is 0.822. The highest BCUT2D eigenvalue weighted by atomic mass is 79.9. The monoisotopic (exact) mass is 362 g/mol. The Balaban J connectivity index is 2.00. The molecular formula is C12H16Br2N2O. The number of hydrogen-bond acceptors (Lipinski definition) is 3. The molecule has 0 aromatic carbocycles. The standard InChI is InChI=1S/C12H16Br2N2O/c1-17-8-9-2-4-16(5-3-9)12-11(14)6-10(13)7-15-12/h6-7,9H,2-5,8H2,1H3. The smallest absolute Gasteiger partial charge is 0.142 e. The summed E-state index contributed by atoms with van der Waals surface area (Å²) in [5, 5.41) is 0. The molecule has 2 heterocycles. The topological polar surface area (TPSA) is 25.4 Å². The lowest BCUT2D eigenvalue weighted by molar-refractivity contribution is 0.139. The number of nitrogens with zero attached hydrogens (tertiary/aromatic N) is 2. The third kappa shape index (κ3) is 3.42. The van der Waals surface area contributed by atoms with Crippen molar-refractivity contribution in [3.63, 3.8) is 0 Å². The molecule has 1 aromatic heterocycles. The van der Waals surface area contributed by atoms with E-state index in [-0.39, 0.29) is 0 Å². The molecule has 2 rings (SSSR count). The van der Waals surface area contributed by atoms with Gasteiger partial charge in [-0.05, 0) is 56.7 Å². The molecule has 1 aromatic rings. The van der Waals surface area contributed by atoms with Crippen LogP contribution in [0.4, 0.5) is 5.82 Å². The summed E-state index contributed by atoms with van der Waals surface area (Å²) in [6, 6.07) is 2.05. The first-order valence-electron chi connectivity index (χ1n) is 5.75. The van der Waals surface area contributed by atoms with Crippen molar-refractivity contribution >= 4 is 37.7 Å². The summed E-state index contributed by atoms with van der Waals surface area (Å²) in [4.78, 5) is 6.81. The normalized spacial score (nSPS) is 17.5. The van der Waals surface area contributed by atoms with Gasteiger partial charge in [-0.3, -0.25) is 0 Å². The Morgan fingerprint density at radius 2 is 2.12 bits per heavy atom. The number of pyridine rings is 1. The molecule has 0 spiro atoms. The number of aromatic nitrogens is 1. The molecule has 0 amide bonds. The minimum absolute atomic E-state index is 0.700. The van der Waals surface area contributed by atoms with Crippen LogP contribution < -0.4 is 4.90 Å². The van der Waals surface area contributed by atoms with Gasteiger partial charge in [-0.15, -0.1) is 0 Å². The molecule has 17 heavy (non-hydrogen) atoms. The molecule has 1 aliphatic rings. The Morgan fingerprint density at radius 3 is 2.71 bits per heavy atom. The second kappa shape index (κ2) is 6.16. The van der Waals surface area contributed by atoms with Gasteiger partial charge in [0, 0.05) is 37.5 Å². The molecule has 0 bridgehead atoms. The summed E-state index contributed by atoms with van der Waals surface area (Å²) in [6.45, 7) is 2.99. The van der Waals surface area contributed by atoms with Crippen LogP contribution in [-0.2, 0) is 4.74 Å². The van der Waals surface area contributed by atoms with Crippen molar-refractivity contribution in [1.82, 2.24) is 4.98 Å². The van der Waals surface area contributed by atoms with Gasteiger partial charge in [0.2, 0.25) is 0 Å². The Bertz CT molecular complexity index is 379. The maximum absolute atomic E-state index is 5.21. The van der Waals surface area contributed by atoms with Gasteiger partial charge in [-0.2, -0.15) is 0 Å². The van der Waals surface area contributed by atoms with Crippen LogP contribution in [0.2, 0.25) is 0 Å². The number of anilines is 1. The fourth-order valence-electron chi connectivity index (χ4n) is 2.19. The van der Waals surface area contributed by atoms with Gasteiger partial charge in [0.15, 0.2) is 0 Å². The minimum atomic E-state index is 0.700. The third-order valence-electron chi connectivity index (χ3n) is 3.10. The van der Waals surface area contributed by atoms with Crippen LogP contribution in [-0.4, -0.2) is 31.8 Å². The Labute approximate surface area is 119 Å². The predicted molar refractivity (Wildman–Crippen MR) is 76.5 cm³/mol. The molecule has 5 heteroatoms. The van der Waals surface area contributed by atoms with Crippen LogP contribution in [0.3, 0.4) is 0 Å².